The van der Waals surface area contributed by atoms with Crippen LogP contribution in [0, 0.1) is 0 Å². The molecule has 0 fully saturated rings. The Balaban J connectivity index is 2.21. The molecular formula is C11H15NO2S. The Morgan fingerprint density at radius 2 is 2.07 bits per heavy atom. The van der Waals surface area contributed by atoms with E-state index in [2.05, 4.69) is 0 Å². The van der Waals surface area contributed by atoms with Crippen molar-refractivity contribution in [3.63, 3.8) is 0 Å². The summed E-state index contributed by atoms with van der Waals surface area (Å²) in [5.74, 6) is 0.195. The third-order valence-corrected chi connectivity index (χ3v) is 3.14. The number of carboxylic acids is 1. The fourth-order valence-electron chi connectivity index (χ4n) is 1.17. The lowest BCUT2D eigenvalue weighted by molar-refractivity contribution is -0.137. The maximum Gasteiger partial charge on any atom is 0.303 e. The number of unbranched alkanes of at least 4 members (excludes halogenated alkanes) is 1. The summed E-state index contributed by atoms with van der Waals surface area (Å²) < 4.78 is 0. The van der Waals surface area contributed by atoms with Crippen LogP contribution in [0.3, 0.4) is 0 Å². The van der Waals surface area contributed by atoms with E-state index in [9.17, 15) is 4.79 Å². The van der Waals surface area contributed by atoms with Crippen molar-refractivity contribution in [2.24, 2.45) is 0 Å². The number of nitrogens with two attached hydrogens (primary N) is 1. The van der Waals surface area contributed by atoms with E-state index in [-0.39, 0.29) is 6.42 Å². The van der Waals surface area contributed by atoms with Crippen molar-refractivity contribution >= 4 is 23.4 Å². The van der Waals surface area contributed by atoms with Crippen LogP contribution in [0.2, 0.25) is 0 Å². The highest BCUT2D eigenvalue weighted by molar-refractivity contribution is 7.99. The Morgan fingerprint density at radius 3 is 2.73 bits per heavy atom. The standard InChI is InChI=1S/C11H15NO2S/c12-9-5-1-2-6-10(9)15-8-4-3-7-11(13)14/h1-2,5-6H,3-4,7-8,12H2,(H,13,14). The van der Waals surface area contributed by atoms with Crippen molar-refractivity contribution in [3.05, 3.63) is 24.3 Å². The van der Waals surface area contributed by atoms with Gasteiger partial charge in [-0.1, -0.05) is 12.1 Å². The number of carbonyl (C=O) groups is 1. The van der Waals surface area contributed by atoms with Crippen LogP contribution < -0.4 is 5.73 Å². The molecule has 1 aromatic rings. The van der Waals surface area contributed by atoms with Crippen molar-refractivity contribution in [1.82, 2.24) is 0 Å². The summed E-state index contributed by atoms with van der Waals surface area (Å²) in [6.07, 6.45) is 1.89. The van der Waals surface area contributed by atoms with E-state index < -0.39 is 5.97 Å². The summed E-state index contributed by atoms with van der Waals surface area (Å²) >= 11 is 1.68. The Bertz CT molecular complexity index is 328. The van der Waals surface area contributed by atoms with Gasteiger partial charge in [0, 0.05) is 17.0 Å². The summed E-state index contributed by atoms with van der Waals surface area (Å²) in [5.41, 5.74) is 6.56. The van der Waals surface area contributed by atoms with Crippen molar-refractivity contribution < 1.29 is 9.90 Å². The molecule has 0 amide bonds. The first kappa shape index (κ1) is 11.9. The highest BCUT2D eigenvalue weighted by Gasteiger charge is 1.99. The first-order valence-electron chi connectivity index (χ1n) is 4.89. The third kappa shape index (κ3) is 4.74. The second kappa shape index (κ2) is 6.35. The molecule has 0 unspecified atom stereocenters. The molecule has 0 saturated carbocycles. The first-order chi connectivity index (χ1) is 7.20. The largest absolute Gasteiger partial charge is 0.481 e. The van der Waals surface area contributed by atoms with Crippen LogP contribution in [0.1, 0.15) is 19.3 Å². The van der Waals surface area contributed by atoms with E-state index in [1.54, 1.807) is 11.8 Å². The van der Waals surface area contributed by atoms with Gasteiger partial charge in [0.1, 0.15) is 0 Å². The summed E-state index contributed by atoms with van der Waals surface area (Å²) in [6, 6.07) is 7.72. The molecule has 0 radical (unpaired) electrons. The quantitative estimate of drug-likeness (QED) is 0.444. The molecule has 4 heteroatoms. The molecule has 82 valence electrons. The maximum atomic E-state index is 10.3. The van der Waals surface area contributed by atoms with Crippen LogP contribution in [0.4, 0.5) is 5.69 Å². The number of rotatable bonds is 6. The maximum absolute atomic E-state index is 10.3. The van der Waals surface area contributed by atoms with Crippen LogP contribution in [-0.4, -0.2) is 16.8 Å². The average Bonchev–Trinajstić information content (AvgIpc) is 2.20. The summed E-state index contributed by atoms with van der Waals surface area (Å²) in [4.78, 5) is 11.3. The molecule has 0 aliphatic rings. The zero-order chi connectivity index (χ0) is 11.1. The van der Waals surface area contributed by atoms with Gasteiger partial charge in [-0.05, 0) is 30.7 Å². The highest BCUT2D eigenvalue weighted by atomic mass is 32.2. The molecular weight excluding hydrogens is 210 g/mol. The molecule has 3 N–H and O–H groups in total. The highest BCUT2D eigenvalue weighted by Crippen LogP contribution is 2.25. The third-order valence-electron chi connectivity index (χ3n) is 1.96. The normalized spacial score (nSPS) is 10.1. The van der Waals surface area contributed by atoms with Crippen molar-refractivity contribution in [1.29, 1.82) is 0 Å². The molecule has 0 aliphatic heterocycles. The van der Waals surface area contributed by atoms with Gasteiger partial charge in [-0.25, -0.2) is 0 Å². The smallest absolute Gasteiger partial charge is 0.303 e. The minimum atomic E-state index is -0.723. The average molecular weight is 225 g/mol. The summed E-state index contributed by atoms with van der Waals surface area (Å²) in [5, 5.41) is 8.45. The van der Waals surface area contributed by atoms with Gasteiger partial charge >= 0.3 is 5.97 Å². The van der Waals surface area contributed by atoms with Crippen LogP contribution in [0.15, 0.2) is 29.2 Å². The topological polar surface area (TPSA) is 63.3 Å². The summed E-state index contributed by atoms with van der Waals surface area (Å²) in [6.45, 7) is 0. The number of benzene rings is 1. The molecule has 15 heavy (non-hydrogen) atoms. The predicted molar refractivity (Wildman–Crippen MR) is 63.1 cm³/mol. The van der Waals surface area contributed by atoms with Gasteiger partial charge in [0.05, 0.1) is 0 Å². The molecule has 1 aromatic carbocycles. The molecule has 1 rings (SSSR count). The van der Waals surface area contributed by atoms with Gasteiger partial charge in [-0.15, -0.1) is 11.8 Å². The van der Waals surface area contributed by atoms with E-state index in [1.807, 2.05) is 24.3 Å². The summed E-state index contributed by atoms with van der Waals surface area (Å²) in [7, 11) is 0. The molecule has 0 atom stereocenters. The molecule has 3 nitrogen and oxygen atoms in total. The zero-order valence-electron chi connectivity index (χ0n) is 8.48. The number of aliphatic carboxylic acids is 1. The molecule has 0 aliphatic carbocycles. The van der Waals surface area contributed by atoms with E-state index >= 15 is 0 Å². The van der Waals surface area contributed by atoms with Crippen molar-refractivity contribution in [2.45, 2.75) is 24.2 Å². The second-order valence-corrected chi connectivity index (χ2v) is 4.37. The number of hydrogen-bond donors (Lipinski definition) is 2. The lowest BCUT2D eigenvalue weighted by Crippen LogP contribution is -1.94. The Kier molecular flexibility index (Phi) is 5.04. The zero-order valence-corrected chi connectivity index (χ0v) is 9.30. The van der Waals surface area contributed by atoms with E-state index in [0.29, 0.717) is 0 Å². The Morgan fingerprint density at radius 1 is 1.33 bits per heavy atom. The second-order valence-electron chi connectivity index (χ2n) is 3.24. The van der Waals surface area contributed by atoms with Gasteiger partial charge < -0.3 is 10.8 Å². The molecule has 0 aromatic heterocycles. The molecule has 0 saturated heterocycles. The van der Waals surface area contributed by atoms with Gasteiger partial charge in [0.25, 0.3) is 0 Å². The van der Waals surface area contributed by atoms with Crippen LogP contribution in [-0.2, 0) is 4.79 Å². The minimum absolute atomic E-state index is 0.255. The van der Waals surface area contributed by atoms with Gasteiger partial charge in [-0.3, -0.25) is 4.79 Å². The lowest BCUT2D eigenvalue weighted by Gasteiger charge is -2.03. The van der Waals surface area contributed by atoms with Crippen LogP contribution >= 0.6 is 11.8 Å². The number of para-hydroxylation sites is 1. The van der Waals surface area contributed by atoms with E-state index in [1.165, 1.54) is 0 Å². The number of anilines is 1. The van der Waals surface area contributed by atoms with Gasteiger partial charge in [-0.2, -0.15) is 0 Å². The lowest BCUT2D eigenvalue weighted by atomic mass is 10.2. The van der Waals surface area contributed by atoms with Crippen molar-refractivity contribution in [2.75, 3.05) is 11.5 Å². The monoisotopic (exact) mass is 225 g/mol. The molecule has 0 spiro atoms. The first-order valence-corrected chi connectivity index (χ1v) is 5.88. The van der Waals surface area contributed by atoms with Crippen LogP contribution in [0.5, 0.6) is 0 Å². The Labute approximate surface area is 93.7 Å². The number of nitrogen functional groups attached to an aromatic ring is 1. The minimum Gasteiger partial charge on any atom is -0.481 e. The predicted octanol–water partition coefficient (Wildman–Crippen LogP) is 2.62. The SMILES string of the molecule is Nc1ccccc1SCCCCC(=O)O. The molecule has 0 bridgehead atoms. The van der Waals surface area contributed by atoms with E-state index in [0.717, 1.165) is 29.2 Å². The number of thioether (sulfide) groups is 1. The fraction of sp³-hybridized carbons (Fsp3) is 0.364. The fourth-order valence-corrected chi connectivity index (χ4v) is 2.15. The van der Waals surface area contributed by atoms with E-state index in [4.69, 9.17) is 10.8 Å². The van der Waals surface area contributed by atoms with Crippen LogP contribution in [0.25, 0.3) is 0 Å². The molecule has 0 heterocycles. The number of hydrogen-bond acceptors (Lipinski definition) is 3. The van der Waals surface area contributed by atoms with Gasteiger partial charge in [0.15, 0.2) is 0 Å². The van der Waals surface area contributed by atoms with Crippen molar-refractivity contribution in [3.8, 4) is 0 Å². The Hall–Kier alpha value is -1.16. The number of carboxylic acid groups (broad SMARTS) is 1. The van der Waals surface area contributed by atoms with Gasteiger partial charge in [0.2, 0.25) is 0 Å².